The number of benzene rings is 3. The Balaban J connectivity index is 1.40. The standard InChI is InChI=1S/C24H20FN5O2S/c25-17-11-13-18(14-12-17)26-23(31)22-21(16-7-3-1-4-8-16)29-30-20(27-28-24(30)33-22)15-32-19-9-5-2-6-10-19/h1-14,21-22,29H,15H2,(H,26,31)/t21-,22-/m0/s1. The molecule has 0 saturated heterocycles. The van der Waals surface area contributed by atoms with Gasteiger partial charge in [-0.15, -0.1) is 10.2 Å². The molecular formula is C24H20FN5O2S. The van der Waals surface area contributed by atoms with Gasteiger partial charge >= 0.3 is 0 Å². The Kier molecular flexibility index (Phi) is 5.95. The van der Waals surface area contributed by atoms with E-state index >= 15 is 0 Å². The molecule has 2 atom stereocenters. The van der Waals surface area contributed by atoms with E-state index in [-0.39, 0.29) is 24.4 Å². The Bertz CT molecular complexity index is 1230. The lowest BCUT2D eigenvalue weighted by Gasteiger charge is -2.33. The van der Waals surface area contributed by atoms with Gasteiger partial charge in [0.15, 0.2) is 5.82 Å². The molecule has 166 valence electrons. The lowest BCUT2D eigenvalue weighted by molar-refractivity contribution is -0.116. The number of aromatic nitrogens is 3. The fourth-order valence-corrected chi connectivity index (χ4v) is 4.61. The SMILES string of the molecule is O=C(Nc1ccc(F)cc1)[C@H]1Sc2nnc(COc3ccccc3)n2N[C@H]1c1ccccc1. The third-order valence-electron chi connectivity index (χ3n) is 5.14. The number of amides is 1. The second-order valence-electron chi connectivity index (χ2n) is 7.39. The molecule has 0 spiro atoms. The molecule has 4 aromatic rings. The molecule has 1 aliphatic heterocycles. The zero-order chi connectivity index (χ0) is 22.6. The first-order valence-electron chi connectivity index (χ1n) is 10.3. The molecule has 2 N–H and O–H groups in total. The number of para-hydroxylation sites is 1. The molecule has 3 aromatic carbocycles. The van der Waals surface area contributed by atoms with E-state index in [9.17, 15) is 9.18 Å². The second-order valence-corrected chi connectivity index (χ2v) is 8.50. The minimum absolute atomic E-state index is 0.218. The van der Waals surface area contributed by atoms with Gasteiger partial charge in [-0.05, 0) is 42.0 Å². The Morgan fingerprint density at radius 2 is 1.70 bits per heavy atom. The number of hydrogen-bond donors (Lipinski definition) is 2. The predicted octanol–water partition coefficient (Wildman–Crippen LogP) is 4.39. The molecular weight excluding hydrogens is 441 g/mol. The average molecular weight is 462 g/mol. The molecule has 0 saturated carbocycles. The van der Waals surface area contributed by atoms with Crippen LogP contribution in [-0.4, -0.2) is 26.0 Å². The maximum Gasteiger partial charge on any atom is 0.240 e. The largest absolute Gasteiger partial charge is 0.486 e. The maximum absolute atomic E-state index is 13.2. The van der Waals surface area contributed by atoms with E-state index < -0.39 is 5.25 Å². The third-order valence-corrected chi connectivity index (χ3v) is 6.36. The molecule has 2 heterocycles. The van der Waals surface area contributed by atoms with Crippen LogP contribution < -0.4 is 15.5 Å². The molecule has 0 radical (unpaired) electrons. The second kappa shape index (κ2) is 9.33. The van der Waals surface area contributed by atoms with Crippen LogP contribution in [-0.2, 0) is 11.4 Å². The Labute approximate surface area is 194 Å². The van der Waals surface area contributed by atoms with Gasteiger partial charge in [-0.2, -0.15) is 0 Å². The van der Waals surface area contributed by atoms with Gasteiger partial charge in [0, 0.05) is 5.69 Å². The Morgan fingerprint density at radius 3 is 2.42 bits per heavy atom. The van der Waals surface area contributed by atoms with E-state index in [1.807, 2.05) is 60.7 Å². The van der Waals surface area contributed by atoms with Gasteiger partial charge < -0.3 is 15.5 Å². The van der Waals surface area contributed by atoms with Gasteiger partial charge in [0.25, 0.3) is 0 Å². The summed E-state index contributed by atoms with van der Waals surface area (Å²) in [5, 5.41) is 11.4. The van der Waals surface area contributed by atoms with E-state index in [1.54, 1.807) is 4.68 Å². The van der Waals surface area contributed by atoms with Gasteiger partial charge in [0.05, 0.1) is 6.04 Å². The van der Waals surface area contributed by atoms with Crippen LogP contribution in [0.15, 0.2) is 90.1 Å². The third kappa shape index (κ3) is 4.68. The highest BCUT2D eigenvalue weighted by Crippen LogP contribution is 2.37. The summed E-state index contributed by atoms with van der Waals surface area (Å²) in [5.41, 5.74) is 4.86. The average Bonchev–Trinajstić information content (AvgIpc) is 3.26. The van der Waals surface area contributed by atoms with Crippen LogP contribution in [0.2, 0.25) is 0 Å². The van der Waals surface area contributed by atoms with Crippen molar-refractivity contribution in [3.05, 3.63) is 102 Å². The maximum atomic E-state index is 13.2. The fourth-order valence-electron chi connectivity index (χ4n) is 3.51. The molecule has 0 bridgehead atoms. The molecule has 1 amide bonds. The van der Waals surface area contributed by atoms with Gasteiger partial charge in [0.1, 0.15) is 23.4 Å². The summed E-state index contributed by atoms with van der Waals surface area (Å²) in [7, 11) is 0. The van der Waals surface area contributed by atoms with Gasteiger partial charge in [-0.25, -0.2) is 9.07 Å². The number of ether oxygens (including phenoxy) is 1. The van der Waals surface area contributed by atoms with Gasteiger partial charge in [-0.1, -0.05) is 60.3 Å². The van der Waals surface area contributed by atoms with Crippen molar-refractivity contribution in [3.8, 4) is 5.75 Å². The van der Waals surface area contributed by atoms with Crippen molar-refractivity contribution in [2.45, 2.75) is 23.1 Å². The summed E-state index contributed by atoms with van der Waals surface area (Å²) in [6.07, 6.45) is 0. The number of nitrogens with one attached hydrogen (secondary N) is 2. The predicted molar refractivity (Wildman–Crippen MR) is 124 cm³/mol. The lowest BCUT2D eigenvalue weighted by Crippen LogP contribution is -2.41. The van der Waals surface area contributed by atoms with E-state index in [4.69, 9.17) is 4.74 Å². The van der Waals surface area contributed by atoms with Crippen molar-refractivity contribution in [1.82, 2.24) is 14.9 Å². The Hall–Kier alpha value is -3.85. The van der Waals surface area contributed by atoms with Crippen LogP contribution in [0.3, 0.4) is 0 Å². The van der Waals surface area contributed by atoms with Crippen molar-refractivity contribution in [2.24, 2.45) is 0 Å². The molecule has 1 aliphatic rings. The lowest BCUT2D eigenvalue weighted by atomic mass is 10.0. The summed E-state index contributed by atoms with van der Waals surface area (Å²) < 4.78 is 20.9. The summed E-state index contributed by atoms with van der Waals surface area (Å²) in [6, 6.07) is 24.5. The summed E-state index contributed by atoms with van der Waals surface area (Å²) in [5.74, 6) is 0.751. The van der Waals surface area contributed by atoms with Gasteiger partial charge in [0.2, 0.25) is 11.1 Å². The van der Waals surface area contributed by atoms with Crippen LogP contribution in [0.5, 0.6) is 5.75 Å². The van der Waals surface area contributed by atoms with Crippen molar-refractivity contribution in [1.29, 1.82) is 0 Å². The van der Waals surface area contributed by atoms with Gasteiger partial charge in [-0.3, -0.25) is 4.79 Å². The number of nitrogens with zero attached hydrogens (tertiary/aromatic N) is 3. The minimum Gasteiger partial charge on any atom is -0.486 e. The first-order chi connectivity index (χ1) is 16.2. The van der Waals surface area contributed by atoms with E-state index in [1.165, 1.54) is 36.0 Å². The zero-order valence-corrected chi connectivity index (χ0v) is 18.2. The van der Waals surface area contributed by atoms with Crippen molar-refractivity contribution in [2.75, 3.05) is 10.7 Å². The highest BCUT2D eigenvalue weighted by molar-refractivity contribution is 8.00. The van der Waals surface area contributed by atoms with Crippen LogP contribution in [0.25, 0.3) is 0 Å². The van der Waals surface area contributed by atoms with E-state index in [0.29, 0.717) is 16.7 Å². The summed E-state index contributed by atoms with van der Waals surface area (Å²) in [4.78, 5) is 13.2. The van der Waals surface area contributed by atoms with E-state index in [2.05, 4.69) is 20.9 Å². The number of rotatable bonds is 6. The smallest absolute Gasteiger partial charge is 0.240 e. The fraction of sp³-hybridized carbons (Fsp3) is 0.125. The summed E-state index contributed by atoms with van der Waals surface area (Å²) >= 11 is 1.32. The van der Waals surface area contributed by atoms with Crippen molar-refractivity contribution >= 4 is 23.4 Å². The molecule has 9 heteroatoms. The number of fused-ring (bicyclic) bond motifs is 1. The topological polar surface area (TPSA) is 81.1 Å². The molecule has 0 fully saturated rings. The molecule has 5 rings (SSSR count). The normalized spacial score (nSPS) is 17.0. The number of anilines is 1. The van der Waals surface area contributed by atoms with Crippen LogP contribution >= 0.6 is 11.8 Å². The Morgan fingerprint density at radius 1 is 1.00 bits per heavy atom. The van der Waals surface area contributed by atoms with Crippen LogP contribution in [0.1, 0.15) is 17.4 Å². The monoisotopic (exact) mass is 461 g/mol. The van der Waals surface area contributed by atoms with Crippen molar-refractivity contribution in [3.63, 3.8) is 0 Å². The number of thioether (sulfide) groups is 1. The molecule has 1 aromatic heterocycles. The molecule has 0 aliphatic carbocycles. The molecule has 7 nitrogen and oxygen atoms in total. The summed E-state index contributed by atoms with van der Waals surface area (Å²) in [6.45, 7) is 0.221. The molecule has 33 heavy (non-hydrogen) atoms. The zero-order valence-electron chi connectivity index (χ0n) is 17.4. The molecule has 0 unspecified atom stereocenters. The van der Waals surface area contributed by atoms with Crippen LogP contribution in [0, 0.1) is 5.82 Å². The first kappa shape index (κ1) is 21.0. The highest BCUT2D eigenvalue weighted by Gasteiger charge is 2.37. The highest BCUT2D eigenvalue weighted by atomic mass is 32.2. The quantitative estimate of drug-likeness (QED) is 0.443. The number of hydrogen-bond acceptors (Lipinski definition) is 6. The minimum atomic E-state index is -0.531. The number of carbonyl (C=O) groups excluding carboxylic acids is 1. The first-order valence-corrected chi connectivity index (χ1v) is 11.2. The van der Waals surface area contributed by atoms with Crippen LogP contribution in [0.4, 0.5) is 10.1 Å². The number of halogens is 1. The van der Waals surface area contributed by atoms with Crippen molar-refractivity contribution < 1.29 is 13.9 Å². The van der Waals surface area contributed by atoms with E-state index in [0.717, 1.165) is 11.3 Å². The number of carbonyl (C=O) groups is 1.